The fraction of sp³-hybridized carbons (Fsp3) is 0.355. The summed E-state index contributed by atoms with van der Waals surface area (Å²) >= 11 is 1.45. The van der Waals surface area contributed by atoms with Crippen LogP contribution in [0.5, 0.6) is 28.7 Å². The third kappa shape index (κ3) is 7.37. The molecule has 0 bridgehead atoms. The molecule has 45 heavy (non-hydrogen) atoms. The van der Waals surface area contributed by atoms with E-state index >= 15 is 0 Å². The number of phenolic OH excluding ortho intramolecular Hbond substituents is 4. The summed E-state index contributed by atoms with van der Waals surface area (Å²) < 4.78 is 13.8. The van der Waals surface area contributed by atoms with Gasteiger partial charge >= 0.3 is 5.97 Å². The quantitative estimate of drug-likeness (QED) is 0.0253. The number of carbonyl (C=O) groups excluding carboxylic acids is 2. The van der Waals surface area contributed by atoms with E-state index in [2.05, 4.69) is 4.89 Å². The van der Waals surface area contributed by atoms with Crippen LogP contribution in [0.3, 0.4) is 0 Å². The molecule has 0 radical (unpaired) electrons. The van der Waals surface area contributed by atoms with Gasteiger partial charge in [-0.25, -0.2) is 14.1 Å². The molecule has 1 amide bonds. The van der Waals surface area contributed by atoms with Crippen LogP contribution in [-0.2, 0) is 36.1 Å². The van der Waals surface area contributed by atoms with E-state index in [-0.39, 0.29) is 17.7 Å². The van der Waals surface area contributed by atoms with Crippen molar-refractivity contribution >= 4 is 24.3 Å². The van der Waals surface area contributed by atoms with E-state index < -0.39 is 52.9 Å². The number of likely N-dealkylation sites (N-methyl/N-ethyl adjacent to an activating group) is 1. The summed E-state index contributed by atoms with van der Waals surface area (Å²) in [5.41, 5.74) is 6.91. The van der Waals surface area contributed by atoms with E-state index in [0.29, 0.717) is 19.5 Å². The Labute approximate surface area is 264 Å². The highest BCUT2D eigenvalue weighted by atomic mass is 32.2. The Kier molecular flexibility index (Phi) is 10.7. The molecule has 0 aromatic heterocycles. The lowest BCUT2D eigenvalue weighted by molar-refractivity contribution is -0.324. The predicted octanol–water partition coefficient (Wildman–Crippen LogP) is 2.91. The number of nitrogens with zero attached hydrogens (tertiary/aromatic N) is 2. The fourth-order valence-corrected chi connectivity index (χ4v) is 6.13. The lowest BCUT2D eigenvalue weighted by Crippen LogP contribution is -2.59. The zero-order valence-corrected chi connectivity index (χ0v) is 26.1. The largest absolute Gasteiger partial charge is 0.504 e. The summed E-state index contributed by atoms with van der Waals surface area (Å²) in [5.74, 6) is -3.80. The molecule has 3 aromatic carbocycles. The van der Waals surface area contributed by atoms with Gasteiger partial charge in [-0.1, -0.05) is 42.5 Å². The second-order valence-corrected chi connectivity index (χ2v) is 11.9. The van der Waals surface area contributed by atoms with Gasteiger partial charge in [-0.15, -0.1) is 0 Å². The summed E-state index contributed by atoms with van der Waals surface area (Å²) in [4.78, 5) is 35.8. The highest BCUT2D eigenvalue weighted by Gasteiger charge is 2.48. The summed E-state index contributed by atoms with van der Waals surface area (Å²) in [7, 11) is 2.75. The molecule has 3 aromatic rings. The highest BCUT2D eigenvalue weighted by molar-refractivity contribution is 7.97. The highest BCUT2D eigenvalue weighted by Crippen LogP contribution is 2.53. The van der Waals surface area contributed by atoms with Crippen molar-refractivity contribution in [2.45, 2.75) is 49.1 Å². The number of amides is 1. The molecule has 6 N–H and O–H groups in total. The number of hydrogen-bond donors (Lipinski definition) is 5. The van der Waals surface area contributed by atoms with Crippen molar-refractivity contribution in [3.63, 3.8) is 0 Å². The van der Waals surface area contributed by atoms with Crippen LogP contribution >= 0.6 is 11.9 Å². The van der Waals surface area contributed by atoms with Gasteiger partial charge in [-0.05, 0) is 55.5 Å². The van der Waals surface area contributed by atoms with Crippen molar-refractivity contribution in [1.29, 1.82) is 0 Å². The molecule has 242 valence electrons. The molecule has 0 aliphatic carbocycles. The molecule has 3 atom stereocenters. The molecule has 1 fully saturated rings. The zero-order valence-electron chi connectivity index (χ0n) is 25.2. The smallest absolute Gasteiger partial charge is 0.325 e. The first-order chi connectivity index (χ1) is 21.4. The van der Waals surface area contributed by atoms with Gasteiger partial charge in [0.1, 0.15) is 12.1 Å². The van der Waals surface area contributed by atoms with Crippen molar-refractivity contribution in [3.8, 4) is 28.7 Å². The van der Waals surface area contributed by atoms with Gasteiger partial charge in [0.05, 0.1) is 20.2 Å². The predicted molar refractivity (Wildman–Crippen MR) is 163 cm³/mol. The van der Waals surface area contributed by atoms with Gasteiger partial charge in [0.15, 0.2) is 17.1 Å². The maximum Gasteiger partial charge on any atom is 0.325 e. The minimum absolute atomic E-state index is 0.0802. The van der Waals surface area contributed by atoms with Gasteiger partial charge in [0.2, 0.25) is 29.9 Å². The first kappa shape index (κ1) is 33.7. The lowest BCUT2D eigenvalue weighted by atomic mass is 9.87. The number of hydrogen-bond acceptors (Lipinski definition) is 13. The summed E-state index contributed by atoms with van der Waals surface area (Å²) in [6, 6.07) is 15.8. The number of phenols is 4. The van der Waals surface area contributed by atoms with E-state index in [1.165, 1.54) is 33.0 Å². The molecular formula is C31H37N3O10S. The van der Waals surface area contributed by atoms with Crippen LogP contribution in [0.2, 0.25) is 0 Å². The second kappa shape index (κ2) is 14.3. The van der Waals surface area contributed by atoms with E-state index in [0.717, 1.165) is 20.9 Å². The van der Waals surface area contributed by atoms with E-state index in [1.807, 2.05) is 58.9 Å². The number of ether oxygens (including phenoxy) is 2. The first-order valence-corrected chi connectivity index (χ1v) is 14.7. The molecule has 1 aliphatic rings. The number of carbonyl (C=O) groups is 2. The van der Waals surface area contributed by atoms with Gasteiger partial charge in [-0.3, -0.25) is 9.59 Å². The Morgan fingerprint density at radius 3 is 2.38 bits per heavy atom. The minimum Gasteiger partial charge on any atom is -0.504 e. The number of nitrogens with two attached hydrogens (primary N) is 1. The maximum absolute atomic E-state index is 12.8. The standard InChI is InChI=1S/C31H37N3O10S/c1-18-24(36)25(37)26(38)27(39)28(18)43-31(21-10-6-5-7-11-21)15-34(16-31)45-22-12-8-9-20(13-22)14-23(32)30(40)42-29(33(3)17-35)19(2)44-41-4/h5-13,17,19,23,29,36-39H,14-16,32H2,1-4H3. The molecular weight excluding hydrogens is 606 g/mol. The Morgan fingerprint density at radius 1 is 1.07 bits per heavy atom. The lowest BCUT2D eigenvalue weighted by Gasteiger charge is -2.49. The Bertz CT molecular complexity index is 1470. The average Bonchev–Trinajstić information content (AvgIpc) is 3.02. The van der Waals surface area contributed by atoms with Crippen LogP contribution in [0.1, 0.15) is 23.6 Å². The Morgan fingerprint density at radius 2 is 1.73 bits per heavy atom. The van der Waals surface area contributed by atoms with Crippen molar-refractivity contribution in [2.75, 3.05) is 27.2 Å². The molecule has 0 saturated carbocycles. The molecule has 14 heteroatoms. The van der Waals surface area contributed by atoms with E-state index in [1.54, 1.807) is 6.92 Å². The van der Waals surface area contributed by atoms with Crippen LogP contribution in [0.4, 0.5) is 0 Å². The number of rotatable bonds is 14. The Balaban J connectivity index is 1.45. The average molecular weight is 644 g/mol. The minimum atomic E-state index is -1.04. The second-order valence-electron chi connectivity index (χ2n) is 10.7. The van der Waals surface area contributed by atoms with Crippen LogP contribution < -0.4 is 10.5 Å². The normalized spacial score (nSPS) is 16.2. The van der Waals surface area contributed by atoms with Crippen LogP contribution in [0.25, 0.3) is 0 Å². The van der Waals surface area contributed by atoms with Gasteiger partial charge in [0.25, 0.3) is 0 Å². The molecule has 1 aliphatic heterocycles. The maximum atomic E-state index is 12.8. The zero-order chi connectivity index (χ0) is 32.9. The van der Waals surface area contributed by atoms with E-state index in [9.17, 15) is 30.0 Å². The third-order valence-electron chi connectivity index (χ3n) is 7.39. The first-order valence-electron chi connectivity index (χ1n) is 14.0. The summed E-state index contributed by atoms with van der Waals surface area (Å²) in [6.07, 6.45) is -1.12. The number of benzene rings is 3. The molecule has 4 rings (SSSR count). The van der Waals surface area contributed by atoms with Crippen LogP contribution in [0.15, 0.2) is 59.5 Å². The summed E-state index contributed by atoms with van der Waals surface area (Å²) in [5, 5.41) is 40.9. The van der Waals surface area contributed by atoms with Crippen molar-refractivity contribution in [1.82, 2.24) is 9.21 Å². The van der Waals surface area contributed by atoms with Gasteiger partial charge in [0, 0.05) is 17.5 Å². The van der Waals surface area contributed by atoms with Crippen LogP contribution in [-0.4, -0.2) is 87.6 Å². The van der Waals surface area contributed by atoms with Crippen molar-refractivity contribution in [3.05, 3.63) is 71.3 Å². The monoisotopic (exact) mass is 643 g/mol. The van der Waals surface area contributed by atoms with Gasteiger partial charge in [-0.2, -0.15) is 0 Å². The molecule has 13 nitrogen and oxygen atoms in total. The molecule has 1 saturated heterocycles. The van der Waals surface area contributed by atoms with Gasteiger partial charge < -0.3 is 40.5 Å². The third-order valence-corrected chi connectivity index (χ3v) is 8.37. The van der Waals surface area contributed by atoms with Crippen LogP contribution in [0, 0.1) is 6.92 Å². The molecule has 0 spiro atoms. The summed E-state index contributed by atoms with van der Waals surface area (Å²) in [6.45, 7) is 3.79. The topological polar surface area (TPSA) is 184 Å². The Hall–Kier alpha value is -4.21. The van der Waals surface area contributed by atoms with Crippen molar-refractivity contribution < 1.29 is 49.3 Å². The fourth-order valence-electron chi connectivity index (χ4n) is 4.94. The molecule has 3 unspecified atom stereocenters. The SMILES string of the molecule is COOC(C)C(OC(=O)C(N)Cc1cccc(SN2CC(Oc3c(C)c(O)c(O)c(O)c3O)(c3ccccc3)C2)c1)N(C)C=O. The van der Waals surface area contributed by atoms with Crippen molar-refractivity contribution in [2.24, 2.45) is 5.73 Å². The molecule has 1 heterocycles. The number of aromatic hydroxyl groups is 4. The van der Waals surface area contributed by atoms with E-state index in [4.69, 9.17) is 20.1 Å². The number of esters is 1.